The fourth-order valence-corrected chi connectivity index (χ4v) is 2.58. The molecule has 1 aliphatic rings. The van der Waals surface area contributed by atoms with Crippen LogP contribution in [0.5, 0.6) is 5.75 Å². The number of anilines is 1. The van der Waals surface area contributed by atoms with Crippen molar-refractivity contribution >= 4 is 23.4 Å². The van der Waals surface area contributed by atoms with E-state index in [2.05, 4.69) is 15.5 Å². The minimum atomic E-state index is -0.324. The number of hydrogen-bond acceptors (Lipinski definition) is 6. The van der Waals surface area contributed by atoms with E-state index in [4.69, 9.17) is 9.15 Å². The van der Waals surface area contributed by atoms with Crippen molar-refractivity contribution in [2.24, 2.45) is 0 Å². The van der Waals surface area contributed by atoms with E-state index in [1.807, 2.05) is 6.92 Å². The smallest absolute Gasteiger partial charge is 0.277 e. The SMILES string of the molecule is COc1ccc(NC(=O)[C@@H](C)Sc2nnc(C3CC3)o2)cc1. The highest BCUT2D eigenvalue weighted by molar-refractivity contribution is 8.00. The fraction of sp³-hybridized carbons (Fsp3) is 0.400. The van der Waals surface area contributed by atoms with Gasteiger partial charge in [0.05, 0.1) is 12.4 Å². The lowest BCUT2D eigenvalue weighted by Crippen LogP contribution is -2.22. The molecule has 3 rings (SSSR count). The van der Waals surface area contributed by atoms with E-state index < -0.39 is 0 Å². The van der Waals surface area contributed by atoms with Crippen molar-refractivity contribution in [2.45, 2.75) is 36.2 Å². The van der Waals surface area contributed by atoms with Crippen LogP contribution in [0.2, 0.25) is 0 Å². The molecule has 1 saturated carbocycles. The van der Waals surface area contributed by atoms with Gasteiger partial charge in [0.1, 0.15) is 5.75 Å². The van der Waals surface area contributed by atoms with E-state index >= 15 is 0 Å². The maximum atomic E-state index is 12.2. The summed E-state index contributed by atoms with van der Waals surface area (Å²) in [7, 11) is 1.60. The van der Waals surface area contributed by atoms with Gasteiger partial charge in [-0.15, -0.1) is 10.2 Å². The molecule has 1 heterocycles. The van der Waals surface area contributed by atoms with Crippen molar-refractivity contribution in [3.05, 3.63) is 30.2 Å². The van der Waals surface area contributed by atoms with Crippen LogP contribution < -0.4 is 10.1 Å². The van der Waals surface area contributed by atoms with Gasteiger partial charge < -0.3 is 14.5 Å². The van der Waals surface area contributed by atoms with E-state index in [-0.39, 0.29) is 11.2 Å². The van der Waals surface area contributed by atoms with Crippen LogP contribution in [0.3, 0.4) is 0 Å². The van der Waals surface area contributed by atoms with Crippen LogP contribution in [0.25, 0.3) is 0 Å². The highest BCUT2D eigenvalue weighted by atomic mass is 32.2. The van der Waals surface area contributed by atoms with Crippen molar-refractivity contribution < 1.29 is 13.9 Å². The lowest BCUT2D eigenvalue weighted by atomic mass is 10.3. The first kappa shape index (κ1) is 14.9. The zero-order valence-electron chi connectivity index (χ0n) is 12.4. The van der Waals surface area contributed by atoms with Gasteiger partial charge in [-0.05, 0) is 44.0 Å². The van der Waals surface area contributed by atoms with Crippen molar-refractivity contribution in [3.8, 4) is 5.75 Å². The summed E-state index contributed by atoms with van der Waals surface area (Å²) in [5.41, 5.74) is 0.724. The molecule has 0 spiro atoms. The summed E-state index contributed by atoms with van der Waals surface area (Å²) in [6, 6.07) is 7.19. The van der Waals surface area contributed by atoms with E-state index in [1.54, 1.807) is 31.4 Å². The summed E-state index contributed by atoms with van der Waals surface area (Å²) in [6.45, 7) is 1.81. The van der Waals surface area contributed by atoms with Crippen molar-refractivity contribution in [1.29, 1.82) is 0 Å². The topological polar surface area (TPSA) is 77.2 Å². The Bertz CT molecular complexity index is 652. The third-order valence-corrected chi connectivity index (χ3v) is 4.29. The molecule has 1 atom stereocenters. The molecule has 0 saturated heterocycles. The van der Waals surface area contributed by atoms with Gasteiger partial charge in [0, 0.05) is 11.6 Å². The second kappa shape index (κ2) is 6.39. The molecule has 0 aliphatic heterocycles. The van der Waals surface area contributed by atoms with Crippen molar-refractivity contribution in [1.82, 2.24) is 10.2 Å². The second-order valence-electron chi connectivity index (χ2n) is 5.16. The summed E-state index contributed by atoms with van der Waals surface area (Å²) < 4.78 is 10.6. The Balaban J connectivity index is 1.55. The van der Waals surface area contributed by atoms with Gasteiger partial charge in [-0.3, -0.25) is 4.79 Å². The van der Waals surface area contributed by atoms with Gasteiger partial charge in [-0.1, -0.05) is 11.8 Å². The Hall–Kier alpha value is -2.02. The predicted octanol–water partition coefficient (Wildman–Crippen LogP) is 3.07. The number of hydrogen-bond donors (Lipinski definition) is 1. The average Bonchev–Trinajstić information content (AvgIpc) is 3.28. The van der Waals surface area contributed by atoms with Crippen LogP contribution in [-0.4, -0.2) is 28.5 Å². The normalized spacial score (nSPS) is 15.4. The minimum absolute atomic E-state index is 0.110. The number of thioether (sulfide) groups is 1. The molecule has 116 valence electrons. The molecule has 1 amide bonds. The van der Waals surface area contributed by atoms with E-state index in [9.17, 15) is 4.79 Å². The number of nitrogens with zero attached hydrogens (tertiary/aromatic N) is 2. The molecule has 1 aromatic carbocycles. The largest absolute Gasteiger partial charge is 0.497 e. The van der Waals surface area contributed by atoms with Gasteiger partial charge in [0.15, 0.2) is 0 Å². The minimum Gasteiger partial charge on any atom is -0.497 e. The van der Waals surface area contributed by atoms with Gasteiger partial charge in [0.25, 0.3) is 5.22 Å². The number of carbonyl (C=O) groups is 1. The Kier molecular flexibility index (Phi) is 4.33. The van der Waals surface area contributed by atoms with Crippen LogP contribution in [0.1, 0.15) is 31.6 Å². The second-order valence-corrected chi connectivity index (χ2v) is 6.45. The molecule has 1 N–H and O–H groups in total. The zero-order chi connectivity index (χ0) is 15.5. The van der Waals surface area contributed by atoms with Crippen LogP contribution in [0, 0.1) is 0 Å². The predicted molar refractivity (Wildman–Crippen MR) is 83.2 cm³/mol. The van der Waals surface area contributed by atoms with E-state index in [0.29, 0.717) is 17.0 Å². The lowest BCUT2D eigenvalue weighted by molar-refractivity contribution is -0.115. The number of amides is 1. The first-order valence-electron chi connectivity index (χ1n) is 7.10. The number of methoxy groups -OCH3 is 1. The van der Waals surface area contributed by atoms with E-state index in [1.165, 1.54) is 11.8 Å². The fourth-order valence-electron chi connectivity index (χ4n) is 1.89. The monoisotopic (exact) mass is 319 g/mol. The van der Waals surface area contributed by atoms with Crippen molar-refractivity contribution in [2.75, 3.05) is 12.4 Å². The van der Waals surface area contributed by atoms with Gasteiger partial charge in [-0.2, -0.15) is 0 Å². The number of benzene rings is 1. The molecular weight excluding hydrogens is 302 g/mol. The highest BCUT2D eigenvalue weighted by Gasteiger charge is 2.30. The van der Waals surface area contributed by atoms with E-state index in [0.717, 1.165) is 24.3 Å². The lowest BCUT2D eigenvalue weighted by Gasteiger charge is -2.10. The Morgan fingerprint density at radius 3 is 2.73 bits per heavy atom. The number of carbonyl (C=O) groups excluding carboxylic acids is 1. The zero-order valence-corrected chi connectivity index (χ0v) is 13.2. The average molecular weight is 319 g/mol. The molecule has 1 aromatic heterocycles. The summed E-state index contributed by atoms with van der Waals surface area (Å²) in [5, 5.41) is 11.0. The van der Waals surface area contributed by atoms with Crippen LogP contribution >= 0.6 is 11.8 Å². The highest BCUT2D eigenvalue weighted by Crippen LogP contribution is 2.40. The van der Waals surface area contributed by atoms with Crippen LogP contribution in [-0.2, 0) is 4.79 Å². The maximum absolute atomic E-state index is 12.2. The maximum Gasteiger partial charge on any atom is 0.277 e. The molecule has 2 aromatic rings. The van der Waals surface area contributed by atoms with Gasteiger partial charge >= 0.3 is 0 Å². The first-order chi connectivity index (χ1) is 10.7. The molecular formula is C15H17N3O3S. The van der Waals surface area contributed by atoms with Crippen LogP contribution in [0.4, 0.5) is 5.69 Å². The number of ether oxygens (including phenoxy) is 1. The standard InChI is InChI=1S/C15H17N3O3S/c1-9(22-15-18-17-14(21-15)10-3-4-10)13(19)16-11-5-7-12(20-2)8-6-11/h5-10H,3-4H2,1-2H3,(H,16,19)/t9-/m1/s1. The molecule has 1 aliphatic carbocycles. The molecule has 0 unspecified atom stereocenters. The Morgan fingerprint density at radius 2 is 2.09 bits per heavy atom. The summed E-state index contributed by atoms with van der Waals surface area (Å²) in [4.78, 5) is 12.2. The van der Waals surface area contributed by atoms with Gasteiger partial charge in [-0.25, -0.2) is 0 Å². The Labute approximate surface area is 132 Å². The molecule has 6 nitrogen and oxygen atoms in total. The number of aromatic nitrogens is 2. The van der Waals surface area contributed by atoms with Crippen molar-refractivity contribution in [3.63, 3.8) is 0 Å². The molecule has 7 heteroatoms. The van der Waals surface area contributed by atoms with Crippen LogP contribution in [0.15, 0.2) is 33.9 Å². The first-order valence-corrected chi connectivity index (χ1v) is 7.98. The molecule has 0 bridgehead atoms. The Morgan fingerprint density at radius 1 is 1.36 bits per heavy atom. The quantitative estimate of drug-likeness (QED) is 0.825. The molecule has 1 fully saturated rings. The van der Waals surface area contributed by atoms with Gasteiger partial charge in [0.2, 0.25) is 11.8 Å². The number of rotatable bonds is 6. The number of nitrogens with one attached hydrogen (secondary N) is 1. The molecule has 0 radical (unpaired) electrons. The third kappa shape index (κ3) is 3.59. The summed E-state index contributed by atoms with van der Waals surface area (Å²) in [6.07, 6.45) is 2.22. The summed E-state index contributed by atoms with van der Waals surface area (Å²) >= 11 is 1.27. The summed E-state index contributed by atoms with van der Waals surface area (Å²) in [5.74, 6) is 1.75. The molecule has 22 heavy (non-hydrogen) atoms. The third-order valence-electron chi connectivity index (χ3n) is 3.35.